The van der Waals surface area contributed by atoms with Crippen LogP contribution in [0.15, 0.2) is 29.3 Å². The van der Waals surface area contributed by atoms with Gasteiger partial charge in [-0.1, -0.05) is 12.1 Å². The lowest BCUT2D eigenvalue weighted by molar-refractivity contribution is 0.101. The second kappa shape index (κ2) is 8.49. The summed E-state index contributed by atoms with van der Waals surface area (Å²) >= 11 is 1.28. The molecule has 27 heavy (non-hydrogen) atoms. The molecule has 1 aliphatic heterocycles. The van der Waals surface area contributed by atoms with E-state index in [4.69, 9.17) is 16.2 Å². The lowest BCUT2D eigenvalue weighted by Crippen LogP contribution is -2.34. The van der Waals surface area contributed by atoms with Crippen molar-refractivity contribution in [3.05, 3.63) is 34.8 Å². The van der Waals surface area contributed by atoms with E-state index in [1.54, 1.807) is 6.92 Å². The molecular formula is C19H25N5O2S. The molecule has 0 saturated carbocycles. The number of ether oxygens (including phenoxy) is 1. The van der Waals surface area contributed by atoms with Crippen LogP contribution in [0.2, 0.25) is 0 Å². The van der Waals surface area contributed by atoms with Crippen molar-refractivity contribution in [3.63, 3.8) is 0 Å². The number of likely N-dealkylation sites (tertiary alicyclic amines) is 1. The summed E-state index contributed by atoms with van der Waals surface area (Å²) in [7, 11) is 2.15. The second-order valence-corrected chi connectivity index (χ2v) is 7.88. The first kappa shape index (κ1) is 19.3. The highest BCUT2D eigenvalue weighted by Gasteiger charge is 2.19. The lowest BCUT2D eigenvalue weighted by Gasteiger charge is -2.29. The summed E-state index contributed by atoms with van der Waals surface area (Å²) < 4.78 is 6.02. The molecule has 2 aromatic rings. The van der Waals surface area contributed by atoms with Crippen LogP contribution < -0.4 is 16.2 Å². The molecular weight excluding hydrogens is 362 g/mol. The Kier molecular flexibility index (Phi) is 6.08. The number of nitrogens with two attached hydrogens (primary N) is 2. The van der Waals surface area contributed by atoms with Gasteiger partial charge < -0.3 is 21.1 Å². The Balaban J connectivity index is 1.72. The summed E-state index contributed by atoms with van der Waals surface area (Å²) in [6, 6.07) is 7.79. The predicted molar refractivity (Wildman–Crippen MR) is 108 cm³/mol. The molecule has 1 fully saturated rings. The number of carbonyl (C=O) groups excluding carboxylic acids is 1. The Labute approximate surface area is 163 Å². The minimum Gasteiger partial charge on any atom is -0.493 e. The van der Waals surface area contributed by atoms with Crippen molar-refractivity contribution in [3.8, 4) is 16.3 Å². The number of aliphatic imine (C=N–C) groups is 1. The molecule has 8 heteroatoms. The Morgan fingerprint density at radius 2 is 2.26 bits per heavy atom. The van der Waals surface area contributed by atoms with Crippen molar-refractivity contribution in [2.45, 2.75) is 19.8 Å². The molecule has 4 N–H and O–H groups in total. The summed E-state index contributed by atoms with van der Waals surface area (Å²) in [6.45, 7) is 4.71. The monoisotopic (exact) mass is 387 g/mol. The van der Waals surface area contributed by atoms with Gasteiger partial charge in [0.05, 0.1) is 12.3 Å². The second-order valence-electron chi connectivity index (χ2n) is 6.88. The standard InChI is InChI=1S/C19H25N5O2S/c1-12-16(17(25)23-19(20)21)27-18(22-12)14-6-3-7-15(9-14)26-11-13-5-4-8-24(2)10-13/h3,6-7,9,13H,4-5,8,10-11H2,1-2H3,(H4,20,21,23,25). The van der Waals surface area contributed by atoms with E-state index in [2.05, 4.69) is 21.9 Å². The third-order valence-corrected chi connectivity index (χ3v) is 5.70. The Bertz CT molecular complexity index is 844. The number of aromatic nitrogens is 1. The molecule has 0 aliphatic carbocycles. The van der Waals surface area contributed by atoms with Crippen LogP contribution >= 0.6 is 11.3 Å². The van der Waals surface area contributed by atoms with Gasteiger partial charge in [-0.2, -0.15) is 4.99 Å². The Morgan fingerprint density at radius 1 is 1.44 bits per heavy atom. The first-order valence-corrected chi connectivity index (χ1v) is 9.77. The molecule has 0 radical (unpaired) electrons. The molecule has 3 rings (SSSR count). The molecule has 0 spiro atoms. The molecule has 1 amide bonds. The summed E-state index contributed by atoms with van der Waals surface area (Å²) in [5.74, 6) is 0.646. The van der Waals surface area contributed by atoms with Gasteiger partial charge in [0.25, 0.3) is 5.91 Å². The van der Waals surface area contributed by atoms with E-state index in [9.17, 15) is 4.79 Å². The van der Waals surface area contributed by atoms with Crippen molar-refractivity contribution in [2.75, 3.05) is 26.7 Å². The quantitative estimate of drug-likeness (QED) is 0.602. The molecule has 1 aromatic carbocycles. The first-order chi connectivity index (χ1) is 12.9. The molecule has 2 heterocycles. The predicted octanol–water partition coefficient (Wildman–Crippen LogP) is 2.25. The highest BCUT2D eigenvalue weighted by molar-refractivity contribution is 7.17. The van der Waals surface area contributed by atoms with Crippen molar-refractivity contribution in [2.24, 2.45) is 22.4 Å². The van der Waals surface area contributed by atoms with E-state index >= 15 is 0 Å². The highest BCUT2D eigenvalue weighted by Crippen LogP contribution is 2.31. The maximum atomic E-state index is 12.1. The van der Waals surface area contributed by atoms with Gasteiger partial charge in [-0.05, 0) is 45.5 Å². The van der Waals surface area contributed by atoms with Crippen molar-refractivity contribution in [1.29, 1.82) is 0 Å². The third kappa shape index (κ3) is 5.05. The summed E-state index contributed by atoms with van der Waals surface area (Å²) in [5, 5.41) is 0.740. The fraction of sp³-hybridized carbons (Fsp3) is 0.421. The topological polar surface area (TPSA) is 107 Å². The van der Waals surface area contributed by atoms with Crippen LogP contribution in [0, 0.1) is 12.8 Å². The molecule has 1 atom stereocenters. The number of hydrogen-bond donors (Lipinski definition) is 2. The van der Waals surface area contributed by atoms with Gasteiger partial charge in [-0.25, -0.2) is 4.98 Å². The molecule has 1 unspecified atom stereocenters. The van der Waals surface area contributed by atoms with Gasteiger partial charge in [0.15, 0.2) is 5.96 Å². The van der Waals surface area contributed by atoms with Gasteiger partial charge in [-0.3, -0.25) is 4.79 Å². The number of guanidine groups is 1. The van der Waals surface area contributed by atoms with Gasteiger partial charge in [-0.15, -0.1) is 11.3 Å². The number of carbonyl (C=O) groups is 1. The number of benzene rings is 1. The number of aryl methyl sites for hydroxylation is 1. The smallest absolute Gasteiger partial charge is 0.292 e. The zero-order valence-corrected chi connectivity index (χ0v) is 16.5. The molecule has 1 saturated heterocycles. The summed E-state index contributed by atoms with van der Waals surface area (Å²) in [6.07, 6.45) is 2.42. The van der Waals surface area contributed by atoms with Crippen LogP contribution in [0.1, 0.15) is 28.2 Å². The van der Waals surface area contributed by atoms with E-state index in [0.29, 0.717) is 23.1 Å². The largest absolute Gasteiger partial charge is 0.493 e. The maximum absolute atomic E-state index is 12.1. The number of amides is 1. The number of rotatable bonds is 5. The average Bonchev–Trinajstić information content (AvgIpc) is 3.02. The highest BCUT2D eigenvalue weighted by atomic mass is 32.1. The van der Waals surface area contributed by atoms with E-state index in [1.807, 2.05) is 24.3 Å². The van der Waals surface area contributed by atoms with Crippen LogP contribution in [0.5, 0.6) is 5.75 Å². The molecule has 7 nitrogen and oxygen atoms in total. The molecule has 1 aromatic heterocycles. The minimum absolute atomic E-state index is 0.252. The number of nitrogens with zero attached hydrogens (tertiary/aromatic N) is 3. The Hall–Kier alpha value is -2.45. The zero-order chi connectivity index (χ0) is 19.4. The fourth-order valence-corrected chi connectivity index (χ4v) is 4.18. The number of hydrogen-bond acceptors (Lipinski definition) is 5. The minimum atomic E-state index is -0.468. The summed E-state index contributed by atoms with van der Waals surface area (Å²) in [5.41, 5.74) is 12.1. The fourth-order valence-electron chi connectivity index (χ4n) is 3.23. The summed E-state index contributed by atoms with van der Waals surface area (Å²) in [4.78, 5) is 23.0. The van der Waals surface area contributed by atoms with E-state index in [-0.39, 0.29) is 5.96 Å². The van der Waals surface area contributed by atoms with E-state index < -0.39 is 5.91 Å². The normalized spacial score (nSPS) is 17.5. The average molecular weight is 388 g/mol. The van der Waals surface area contributed by atoms with Crippen LogP contribution in [-0.4, -0.2) is 48.5 Å². The van der Waals surface area contributed by atoms with Crippen molar-refractivity contribution >= 4 is 23.2 Å². The van der Waals surface area contributed by atoms with Crippen LogP contribution in [0.3, 0.4) is 0 Å². The van der Waals surface area contributed by atoms with Crippen molar-refractivity contribution in [1.82, 2.24) is 9.88 Å². The first-order valence-electron chi connectivity index (χ1n) is 8.95. The van der Waals surface area contributed by atoms with Gasteiger partial charge in [0.2, 0.25) is 0 Å². The number of thiazole rings is 1. The lowest BCUT2D eigenvalue weighted by atomic mass is 9.99. The Morgan fingerprint density at radius 3 is 3.00 bits per heavy atom. The van der Waals surface area contributed by atoms with Gasteiger partial charge >= 0.3 is 0 Å². The van der Waals surface area contributed by atoms with Crippen LogP contribution in [0.25, 0.3) is 10.6 Å². The third-order valence-electron chi connectivity index (χ3n) is 4.51. The van der Waals surface area contributed by atoms with Gasteiger partial charge in [0, 0.05) is 18.0 Å². The van der Waals surface area contributed by atoms with Gasteiger partial charge in [0.1, 0.15) is 15.6 Å². The van der Waals surface area contributed by atoms with Crippen LogP contribution in [-0.2, 0) is 0 Å². The SMILES string of the molecule is Cc1nc(-c2cccc(OCC3CCCN(C)C3)c2)sc1C(=O)N=C(N)N. The van der Waals surface area contributed by atoms with E-state index in [1.165, 1.54) is 24.2 Å². The molecule has 1 aliphatic rings. The molecule has 144 valence electrons. The molecule has 0 bridgehead atoms. The van der Waals surface area contributed by atoms with Crippen LogP contribution in [0.4, 0.5) is 0 Å². The maximum Gasteiger partial charge on any atom is 0.292 e. The number of piperidine rings is 1. The van der Waals surface area contributed by atoms with Crippen molar-refractivity contribution < 1.29 is 9.53 Å². The zero-order valence-electron chi connectivity index (χ0n) is 15.6. The van der Waals surface area contributed by atoms with E-state index in [0.717, 1.165) is 29.4 Å².